The SMILES string of the molecule is C[C@H]1OC[C@@](NC(=S)NC(=O)c2ccccc2)(c2ccccc2F)[C@@H]1CO. The van der Waals surface area contributed by atoms with Crippen molar-refractivity contribution in [3.63, 3.8) is 0 Å². The van der Waals surface area contributed by atoms with Crippen LogP contribution in [-0.2, 0) is 10.3 Å². The van der Waals surface area contributed by atoms with Gasteiger partial charge in [-0.3, -0.25) is 10.1 Å². The molecule has 1 aliphatic rings. The number of carbonyl (C=O) groups excluding carboxylic acids is 1. The van der Waals surface area contributed by atoms with E-state index in [4.69, 9.17) is 17.0 Å². The van der Waals surface area contributed by atoms with Crippen LogP contribution in [0.4, 0.5) is 4.39 Å². The van der Waals surface area contributed by atoms with Crippen molar-refractivity contribution in [2.45, 2.75) is 18.6 Å². The van der Waals surface area contributed by atoms with Gasteiger partial charge in [-0.25, -0.2) is 4.39 Å². The first-order valence-electron chi connectivity index (χ1n) is 8.64. The van der Waals surface area contributed by atoms with Crippen molar-refractivity contribution < 1.29 is 19.0 Å². The van der Waals surface area contributed by atoms with E-state index in [1.807, 2.05) is 13.0 Å². The normalized spacial score (nSPS) is 24.4. The number of halogens is 1. The number of ether oxygens (including phenoxy) is 1. The molecule has 0 aromatic heterocycles. The topological polar surface area (TPSA) is 70.6 Å². The molecule has 0 bridgehead atoms. The molecule has 2 aromatic rings. The molecule has 1 aliphatic heterocycles. The first-order chi connectivity index (χ1) is 13.0. The molecule has 27 heavy (non-hydrogen) atoms. The highest BCUT2D eigenvalue weighted by atomic mass is 32.1. The standard InChI is InChI=1S/C20H21FN2O3S/c1-13-16(11-24)20(12-26-13,15-9-5-6-10-17(15)21)23-19(27)22-18(25)14-7-3-2-4-8-14/h2-10,13,16,24H,11-12H2,1H3,(H2,22,23,25,27)/t13-,16-,20-/m1/s1. The molecule has 1 fully saturated rings. The number of carbonyl (C=O) groups is 1. The summed E-state index contributed by atoms with van der Waals surface area (Å²) < 4.78 is 20.3. The highest BCUT2D eigenvalue weighted by Crippen LogP contribution is 2.40. The molecule has 0 aliphatic carbocycles. The lowest BCUT2D eigenvalue weighted by atomic mass is 9.78. The number of hydrogen-bond donors (Lipinski definition) is 3. The van der Waals surface area contributed by atoms with Gasteiger partial charge in [0.25, 0.3) is 5.91 Å². The molecule has 1 amide bonds. The van der Waals surface area contributed by atoms with Crippen LogP contribution in [0.1, 0.15) is 22.8 Å². The predicted molar refractivity (Wildman–Crippen MR) is 104 cm³/mol. The molecule has 0 spiro atoms. The molecule has 1 heterocycles. The molecule has 3 rings (SSSR count). The Balaban J connectivity index is 1.88. The van der Waals surface area contributed by atoms with Crippen LogP contribution in [0.15, 0.2) is 54.6 Å². The Morgan fingerprint density at radius 1 is 1.26 bits per heavy atom. The van der Waals surface area contributed by atoms with Crippen molar-refractivity contribution >= 4 is 23.2 Å². The summed E-state index contributed by atoms with van der Waals surface area (Å²) in [5, 5.41) is 15.6. The van der Waals surface area contributed by atoms with E-state index in [0.717, 1.165) is 0 Å². The van der Waals surface area contributed by atoms with Gasteiger partial charge in [-0.05, 0) is 37.3 Å². The molecule has 3 atom stereocenters. The quantitative estimate of drug-likeness (QED) is 0.702. The molecule has 0 saturated carbocycles. The van der Waals surface area contributed by atoms with Gasteiger partial charge >= 0.3 is 0 Å². The average Bonchev–Trinajstić information content (AvgIpc) is 2.98. The molecule has 5 nitrogen and oxygen atoms in total. The van der Waals surface area contributed by atoms with Gasteiger partial charge in [-0.1, -0.05) is 36.4 Å². The third-order valence-electron chi connectivity index (χ3n) is 4.92. The number of nitrogens with one attached hydrogen (secondary N) is 2. The van der Waals surface area contributed by atoms with Crippen molar-refractivity contribution in [2.24, 2.45) is 5.92 Å². The Morgan fingerprint density at radius 3 is 2.59 bits per heavy atom. The molecular weight excluding hydrogens is 367 g/mol. The zero-order valence-corrected chi connectivity index (χ0v) is 15.6. The number of aliphatic hydroxyl groups is 1. The number of thiocarbonyl (C=S) groups is 1. The van der Waals surface area contributed by atoms with Gasteiger partial charge in [0.15, 0.2) is 5.11 Å². The third-order valence-corrected chi connectivity index (χ3v) is 5.13. The van der Waals surface area contributed by atoms with Crippen LogP contribution in [-0.4, -0.2) is 35.4 Å². The summed E-state index contributed by atoms with van der Waals surface area (Å²) in [5.41, 5.74) is -0.290. The van der Waals surface area contributed by atoms with E-state index in [-0.39, 0.29) is 30.3 Å². The second kappa shape index (κ2) is 8.12. The van der Waals surface area contributed by atoms with Gasteiger partial charge in [0.05, 0.1) is 24.9 Å². The Bertz CT molecular complexity index is 833. The zero-order valence-electron chi connectivity index (χ0n) is 14.8. The molecular formula is C20H21FN2O3S. The lowest BCUT2D eigenvalue weighted by molar-refractivity contribution is 0.0860. The van der Waals surface area contributed by atoms with Crippen LogP contribution in [0.25, 0.3) is 0 Å². The Labute approximate surface area is 162 Å². The Kier molecular flexibility index (Phi) is 5.84. The van der Waals surface area contributed by atoms with Crippen LogP contribution in [0.5, 0.6) is 0 Å². The van der Waals surface area contributed by atoms with Crippen molar-refractivity contribution in [1.29, 1.82) is 0 Å². The first kappa shape index (κ1) is 19.4. The fraction of sp³-hybridized carbons (Fsp3) is 0.300. The molecule has 0 radical (unpaired) electrons. The van der Waals surface area contributed by atoms with Crippen LogP contribution in [0.2, 0.25) is 0 Å². The molecule has 1 saturated heterocycles. The minimum absolute atomic E-state index is 0.0447. The van der Waals surface area contributed by atoms with Crippen molar-refractivity contribution in [1.82, 2.24) is 10.6 Å². The van der Waals surface area contributed by atoms with E-state index in [0.29, 0.717) is 11.1 Å². The van der Waals surface area contributed by atoms with Gasteiger partial charge in [-0.2, -0.15) is 0 Å². The highest BCUT2D eigenvalue weighted by molar-refractivity contribution is 7.80. The molecule has 7 heteroatoms. The number of aliphatic hydroxyl groups excluding tert-OH is 1. The van der Waals surface area contributed by atoms with Gasteiger partial charge in [0.1, 0.15) is 5.82 Å². The number of rotatable bonds is 4. The maximum Gasteiger partial charge on any atom is 0.257 e. The van der Waals surface area contributed by atoms with Crippen molar-refractivity contribution in [3.8, 4) is 0 Å². The summed E-state index contributed by atoms with van der Waals surface area (Å²) >= 11 is 5.32. The van der Waals surface area contributed by atoms with Crippen molar-refractivity contribution in [2.75, 3.05) is 13.2 Å². The maximum absolute atomic E-state index is 14.6. The molecule has 0 unspecified atom stereocenters. The molecule has 3 N–H and O–H groups in total. The maximum atomic E-state index is 14.6. The fourth-order valence-electron chi connectivity index (χ4n) is 3.49. The zero-order chi connectivity index (χ0) is 19.4. The van der Waals surface area contributed by atoms with E-state index in [9.17, 15) is 14.3 Å². The van der Waals surface area contributed by atoms with Gasteiger partial charge in [0.2, 0.25) is 0 Å². The van der Waals surface area contributed by atoms with Crippen LogP contribution in [0, 0.1) is 11.7 Å². The smallest absolute Gasteiger partial charge is 0.257 e. The van der Waals surface area contributed by atoms with E-state index < -0.39 is 17.3 Å². The van der Waals surface area contributed by atoms with Gasteiger partial charge in [-0.15, -0.1) is 0 Å². The molecule has 142 valence electrons. The summed E-state index contributed by atoms with van der Waals surface area (Å²) in [6.07, 6.45) is -0.310. The summed E-state index contributed by atoms with van der Waals surface area (Å²) in [6, 6.07) is 14.9. The third kappa shape index (κ3) is 3.85. The summed E-state index contributed by atoms with van der Waals surface area (Å²) in [4.78, 5) is 12.4. The highest BCUT2D eigenvalue weighted by Gasteiger charge is 2.50. The second-order valence-electron chi connectivity index (χ2n) is 6.53. The number of benzene rings is 2. The minimum atomic E-state index is -1.08. The second-order valence-corrected chi connectivity index (χ2v) is 6.94. The van der Waals surface area contributed by atoms with E-state index in [1.165, 1.54) is 6.07 Å². The lowest BCUT2D eigenvalue weighted by Crippen LogP contribution is -2.56. The minimum Gasteiger partial charge on any atom is -0.396 e. The van der Waals surface area contributed by atoms with E-state index >= 15 is 0 Å². The van der Waals surface area contributed by atoms with Gasteiger partial charge in [0, 0.05) is 17.0 Å². The Morgan fingerprint density at radius 2 is 1.93 bits per heavy atom. The van der Waals surface area contributed by atoms with E-state index in [2.05, 4.69) is 10.6 Å². The largest absolute Gasteiger partial charge is 0.396 e. The first-order valence-corrected chi connectivity index (χ1v) is 9.05. The van der Waals surface area contributed by atoms with E-state index in [1.54, 1.807) is 42.5 Å². The fourth-order valence-corrected chi connectivity index (χ4v) is 3.76. The number of amides is 1. The van der Waals surface area contributed by atoms with Crippen LogP contribution < -0.4 is 10.6 Å². The van der Waals surface area contributed by atoms with Gasteiger partial charge < -0.3 is 15.2 Å². The predicted octanol–water partition coefficient (Wildman–Crippen LogP) is 2.35. The monoisotopic (exact) mass is 388 g/mol. The average molecular weight is 388 g/mol. The number of hydrogen-bond acceptors (Lipinski definition) is 4. The summed E-state index contributed by atoms with van der Waals surface area (Å²) in [7, 11) is 0. The Hall–Kier alpha value is -2.35. The van der Waals surface area contributed by atoms with Crippen LogP contribution in [0.3, 0.4) is 0 Å². The molecule has 2 aromatic carbocycles. The summed E-state index contributed by atoms with van der Waals surface area (Å²) in [6.45, 7) is 1.70. The van der Waals surface area contributed by atoms with Crippen molar-refractivity contribution in [3.05, 3.63) is 71.5 Å². The summed E-state index contributed by atoms with van der Waals surface area (Å²) in [5.74, 6) is -1.25. The van der Waals surface area contributed by atoms with Crippen LogP contribution >= 0.6 is 12.2 Å². The lowest BCUT2D eigenvalue weighted by Gasteiger charge is -2.36.